The average Bonchev–Trinajstić information content (AvgIpc) is 2.47. The number of carboxylic acids is 1. The van der Waals surface area contributed by atoms with Gasteiger partial charge in [-0.25, -0.2) is 13.2 Å². The third-order valence-electron chi connectivity index (χ3n) is 2.26. The van der Waals surface area contributed by atoms with E-state index in [-0.39, 0.29) is 11.4 Å². The SMILES string of the molecule is CC(C)S(=O)(=O)Cc1cc(C(=O)O)nn1C. The van der Waals surface area contributed by atoms with Crippen LogP contribution in [0, 0.1) is 0 Å². The van der Waals surface area contributed by atoms with Gasteiger partial charge in [-0.3, -0.25) is 4.68 Å². The van der Waals surface area contributed by atoms with Crippen LogP contribution in [0.1, 0.15) is 30.0 Å². The first-order valence-electron chi connectivity index (χ1n) is 4.72. The van der Waals surface area contributed by atoms with Crippen molar-refractivity contribution in [2.75, 3.05) is 0 Å². The molecule has 0 fully saturated rings. The van der Waals surface area contributed by atoms with E-state index in [1.54, 1.807) is 13.8 Å². The average molecular weight is 246 g/mol. The van der Waals surface area contributed by atoms with Gasteiger partial charge in [0.15, 0.2) is 15.5 Å². The highest BCUT2D eigenvalue weighted by Gasteiger charge is 2.20. The van der Waals surface area contributed by atoms with Crippen LogP contribution in [0.4, 0.5) is 0 Å². The van der Waals surface area contributed by atoms with E-state index in [0.717, 1.165) is 0 Å². The van der Waals surface area contributed by atoms with Gasteiger partial charge in [-0.05, 0) is 19.9 Å². The van der Waals surface area contributed by atoms with Crippen LogP contribution in [-0.2, 0) is 22.6 Å². The van der Waals surface area contributed by atoms with Crippen molar-refractivity contribution in [3.63, 3.8) is 0 Å². The Kier molecular flexibility index (Phi) is 3.37. The molecule has 0 aliphatic heterocycles. The van der Waals surface area contributed by atoms with Gasteiger partial charge in [0.1, 0.15) is 0 Å². The van der Waals surface area contributed by atoms with Gasteiger partial charge in [-0.15, -0.1) is 0 Å². The summed E-state index contributed by atoms with van der Waals surface area (Å²) < 4.78 is 24.6. The van der Waals surface area contributed by atoms with Crippen LogP contribution in [0.15, 0.2) is 6.07 Å². The first-order valence-corrected chi connectivity index (χ1v) is 6.43. The molecule has 0 unspecified atom stereocenters. The molecule has 0 saturated heterocycles. The summed E-state index contributed by atoms with van der Waals surface area (Å²) in [5.74, 6) is -1.36. The summed E-state index contributed by atoms with van der Waals surface area (Å²) in [6, 6.07) is 1.28. The van der Waals surface area contributed by atoms with Crippen LogP contribution in [0.2, 0.25) is 0 Å². The van der Waals surface area contributed by atoms with E-state index >= 15 is 0 Å². The van der Waals surface area contributed by atoms with Crippen LogP contribution in [-0.4, -0.2) is 34.5 Å². The molecule has 1 aromatic heterocycles. The van der Waals surface area contributed by atoms with E-state index in [1.165, 1.54) is 17.8 Å². The Morgan fingerprint density at radius 3 is 2.50 bits per heavy atom. The number of hydrogen-bond donors (Lipinski definition) is 1. The number of rotatable bonds is 4. The standard InChI is InChI=1S/C9H14N2O4S/c1-6(2)16(14,15)5-7-4-8(9(12)13)10-11(7)3/h4,6H,5H2,1-3H3,(H,12,13). The summed E-state index contributed by atoms with van der Waals surface area (Å²) in [7, 11) is -1.71. The minimum Gasteiger partial charge on any atom is -0.476 e. The number of carbonyl (C=O) groups is 1. The Morgan fingerprint density at radius 1 is 1.56 bits per heavy atom. The van der Waals surface area contributed by atoms with Crippen LogP contribution in [0.3, 0.4) is 0 Å². The lowest BCUT2D eigenvalue weighted by Gasteiger charge is -2.07. The number of aromatic nitrogens is 2. The van der Waals surface area contributed by atoms with Crippen molar-refractivity contribution in [2.45, 2.75) is 24.9 Å². The lowest BCUT2D eigenvalue weighted by Crippen LogP contribution is -2.17. The maximum absolute atomic E-state index is 11.6. The highest BCUT2D eigenvalue weighted by molar-refractivity contribution is 7.91. The molecule has 1 aromatic rings. The topological polar surface area (TPSA) is 89.3 Å². The lowest BCUT2D eigenvalue weighted by atomic mass is 10.4. The highest BCUT2D eigenvalue weighted by atomic mass is 32.2. The summed E-state index contributed by atoms with van der Waals surface area (Å²) >= 11 is 0. The van der Waals surface area contributed by atoms with Gasteiger partial charge in [-0.1, -0.05) is 0 Å². The van der Waals surface area contributed by atoms with Gasteiger partial charge in [-0.2, -0.15) is 5.10 Å². The normalized spacial score (nSPS) is 12.0. The lowest BCUT2D eigenvalue weighted by molar-refractivity contribution is 0.0689. The Balaban J connectivity index is 3.03. The first-order chi connectivity index (χ1) is 7.24. The number of hydrogen-bond acceptors (Lipinski definition) is 4. The summed E-state index contributed by atoms with van der Waals surface area (Å²) in [6.07, 6.45) is 0. The molecule has 0 aromatic carbocycles. The fourth-order valence-corrected chi connectivity index (χ4v) is 2.13. The second-order valence-corrected chi connectivity index (χ2v) is 6.36. The number of nitrogens with zero attached hydrogens (tertiary/aromatic N) is 2. The molecule has 0 atom stereocenters. The third-order valence-corrected chi connectivity index (χ3v) is 4.40. The zero-order valence-electron chi connectivity index (χ0n) is 9.34. The van der Waals surface area contributed by atoms with Gasteiger partial charge < -0.3 is 5.11 Å². The molecule has 7 heteroatoms. The van der Waals surface area contributed by atoms with Crippen molar-refractivity contribution in [2.24, 2.45) is 7.05 Å². The van der Waals surface area contributed by atoms with Gasteiger partial charge in [0.05, 0.1) is 16.7 Å². The number of aromatic carboxylic acids is 1. The number of aryl methyl sites for hydroxylation is 1. The van der Waals surface area contributed by atoms with Crippen molar-refractivity contribution < 1.29 is 18.3 Å². The predicted molar refractivity (Wildman–Crippen MR) is 57.9 cm³/mol. The fraction of sp³-hybridized carbons (Fsp3) is 0.556. The third kappa shape index (κ3) is 2.60. The Labute approximate surface area is 93.8 Å². The smallest absolute Gasteiger partial charge is 0.356 e. The van der Waals surface area contributed by atoms with Crippen molar-refractivity contribution in [1.82, 2.24) is 9.78 Å². The molecule has 0 saturated carbocycles. The molecule has 1 N–H and O–H groups in total. The molecular weight excluding hydrogens is 232 g/mol. The minimum absolute atomic E-state index is 0.142. The molecule has 0 radical (unpaired) electrons. The number of sulfone groups is 1. The summed E-state index contributed by atoms with van der Waals surface area (Å²) in [5, 5.41) is 11.9. The molecule has 0 aliphatic carbocycles. The van der Waals surface area contributed by atoms with E-state index in [1.807, 2.05) is 0 Å². The molecule has 16 heavy (non-hydrogen) atoms. The zero-order chi connectivity index (χ0) is 12.5. The van der Waals surface area contributed by atoms with Crippen LogP contribution in [0.5, 0.6) is 0 Å². The Bertz CT molecular complexity index is 502. The molecule has 0 spiro atoms. The largest absolute Gasteiger partial charge is 0.476 e. The Hall–Kier alpha value is -1.37. The van der Waals surface area contributed by atoms with Gasteiger partial charge in [0.2, 0.25) is 0 Å². The van der Waals surface area contributed by atoms with Crippen molar-refractivity contribution in [3.05, 3.63) is 17.5 Å². The molecule has 0 aliphatic rings. The molecule has 0 amide bonds. The minimum atomic E-state index is -3.24. The summed E-state index contributed by atoms with van der Waals surface area (Å²) in [6.45, 7) is 3.17. The molecule has 6 nitrogen and oxygen atoms in total. The van der Waals surface area contributed by atoms with Gasteiger partial charge >= 0.3 is 5.97 Å². The zero-order valence-corrected chi connectivity index (χ0v) is 10.2. The van der Waals surface area contributed by atoms with E-state index < -0.39 is 21.1 Å². The molecular formula is C9H14N2O4S. The first kappa shape index (κ1) is 12.7. The van der Waals surface area contributed by atoms with E-state index in [2.05, 4.69) is 5.10 Å². The van der Waals surface area contributed by atoms with Crippen molar-refractivity contribution >= 4 is 15.8 Å². The summed E-state index contributed by atoms with van der Waals surface area (Å²) in [5.41, 5.74) is 0.238. The van der Waals surface area contributed by atoms with E-state index in [4.69, 9.17) is 5.11 Å². The van der Waals surface area contributed by atoms with Gasteiger partial charge in [0.25, 0.3) is 0 Å². The fourth-order valence-electron chi connectivity index (χ4n) is 1.12. The monoisotopic (exact) mass is 246 g/mol. The quantitative estimate of drug-likeness (QED) is 0.832. The molecule has 0 bridgehead atoms. The molecule has 1 rings (SSSR count). The van der Waals surface area contributed by atoms with Crippen LogP contribution in [0.25, 0.3) is 0 Å². The maximum Gasteiger partial charge on any atom is 0.356 e. The van der Waals surface area contributed by atoms with Crippen molar-refractivity contribution in [1.29, 1.82) is 0 Å². The Morgan fingerprint density at radius 2 is 2.12 bits per heavy atom. The second kappa shape index (κ2) is 4.25. The predicted octanol–water partition coefficient (Wildman–Crippen LogP) is 0.441. The van der Waals surface area contributed by atoms with Crippen LogP contribution >= 0.6 is 0 Å². The van der Waals surface area contributed by atoms with Crippen molar-refractivity contribution in [3.8, 4) is 0 Å². The van der Waals surface area contributed by atoms with E-state index in [9.17, 15) is 13.2 Å². The second-order valence-electron chi connectivity index (χ2n) is 3.81. The number of carboxylic acid groups (broad SMARTS) is 1. The summed E-state index contributed by atoms with van der Waals surface area (Å²) in [4.78, 5) is 10.6. The highest BCUT2D eigenvalue weighted by Crippen LogP contribution is 2.12. The van der Waals surface area contributed by atoms with Gasteiger partial charge in [0, 0.05) is 7.05 Å². The maximum atomic E-state index is 11.6. The molecule has 90 valence electrons. The molecule has 1 heterocycles. The van der Waals surface area contributed by atoms with E-state index in [0.29, 0.717) is 5.69 Å². The van der Waals surface area contributed by atoms with Crippen LogP contribution < -0.4 is 0 Å².